The van der Waals surface area contributed by atoms with Crippen molar-refractivity contribution in [2.24, 2.45) is 17.8 Å². The van der Waals surface area contributed by atoms with Crippen molar-refractivity contribution in [3.8, 4) is 0 Å². The molecule has 0 radical (unpaired) electrons. The second-order valence-electron chi connectivity index (χ2n) is 8.85. The van der Waals surface area contributed by atoms with Gasteiger partial charge in [0.15, 0.2) is 0 Å². The Morgan fingerprint density at radius 1 is 1.32 bits per heavy atom. The predicted octanol–water partition coefficient (Wildman–Crippen LogP) is 2.32. The van der Waals surface area contributed by atoms with E-state index in [2.05, 4.69) is 10.2 Å². The molecule has 3 saturated heterocycles. The van der Waals surface area contributed by atoms with Crippen LogP contribution in [0, 0.1) is 24.7 Å². The van der Waals surface area contributed by atoms with Crippen molar-refractivity contribution in [3.05, 3.63) is 35.4 Å². The summed E-state index contributed by atoms with van der Waals surface area (Å²) >= 11 is 0. The van der Waals surface area contributed by atoms with E-state index in [9.17, 15) is 4.79 Å². The first-order valence-corrected chi connectivity index (χ1v) is 10.4. The molecule has 0 aromatic heterocycles. The molecular weight excluding hydrogens is 356 g/mol. The lowest BCUT2D eigenvalue weighted by Crippen LogP contribution is -2.41. The van der Waals surface area contributed by atoms with Crippen LogP contribution in [0.4, 0.5) is 0 Å². The molecule has 2 bridgehead atoms. The van der Waals surface area contributed by atoms with Crippen LogP contribution in [0.5, 0.6) is 0 Å². The molecule has 3 heterocycles. The van der Waals surface area contributed by atoms with E-state index in [1.54, 1.807) is 0 Å². The minimum Gasteiger partial charge on any atom is -0.483 e. The summed E-state index contributed by atoms with van der Waals surface area (Å²) in [5, 5.41) is 10.1. The van der Waals surface area contributed by atoms with Crippen LogP contribution in [0.3, 0.4) is 0 Å². The fraction of sp³-hybridized carbons (Fsp3) is 0.636. The van der Waals surface area contributed by atoms with E-state index in [4.69, 9.17) is 14.6 Å². The highest BCUT2D eigenvalue weighted by Crippen LogP contribution is 2.55. The zero-order valence-electron chi connectivity index (χ0n) is 16.5. The first kappa shape index (κ1) is 19.4. The molecule has 0 unspecified atom stereocenters. The Bertz CT molecular complexity index is 718. The van der Waals surface area contributed by atoms with Crippen LogP contribution in [0.25, 0.3) is 0 Å². The molecule has 28 heavy (non-hydrogen) atoms. The Hall–Kier alpha value is -1.92. The minimum absolute atomic E-state index is 0.0460. The molecule has 3 aliphatic heterocycles. The molecule has 1 aliphatic carbocycles. The van der Waals surface area contributed by atoms with Gasteiger partial charge in [0.1, 0.15) is 0 Å². The van der Waals surface area contributed by atoms with Crippen LogP contribution < -0.4 is 5.32 Å². The summed E-state index contributed by atoms with van der Waals surface area (Å²) in [6, 6.07) is 7.82. The summed E-state index contributed by atoms with van der Waals surface area (Å²) < 4.78 is 6.49. The van der Waals surface area contributed by atoms with Gasteiger partial charge in [-0.15, -0.1) is 0 Å². The molecule has 6 heteroatoms. The normalized spacial score (nSPS) is 33.1. The number of benzene rings is 1. The third-order valence-corrected chi connectivity index (χ3v) is 6.88. The summed E-state index contributed by atoms with van der Waals surface area (Å²) in [6.45, 7) is 6.09. The first-order chi connectivity index (χ1) is 13.5. The van der Waals surface area contributed by atoms with Gasteiger partial charge >= 0.3 is 0 Å². The van der Waals surface area contributed by atoms with Crippen molar-refractivity contribution < 1.29 is 19.4 Å². The van der Waals surface area contributed by atoms with Crippen LogP contribution in [0.15, 0.2) is 24.3 Å². The van der Waals surface area contributed by atoms with E-state index in [1.807, 2.05) is 31.2 Å². The van der Waals surface area contributed by atoms with Crippen molar-refractivity contribution in [1.29, 1.82) is 0 Å². The number of ether oxygens (including phenoxy) is 1. The number of nitrogens with zero attached hydrogens (tertiary/aromatic N) is 1. The highest BCUT2D eigenvalue weighted by molar-refractivity contribution is 5.94. The van der Waals surface area contributed by atoms with E-state index in [0.29, 0.717) is 17.9 Å². The molecule has 4 aliphatic rings. The fourth-order valence-electron chi connectivity index (χ4n) is 5.38. The standard InChI is InChI=1S/C21H28N2O2.CH2O2/c1-14-2-6-16(7-3-14)20(24)22-10-17-18-12-23(11-15-4-5-15)13-21(18)9-8-19(17)25-21;2-1-3/h2-3,6-7,15,17-19H,4-5,8-13H2,1H3,(H,22,24);1H,(H,2,3)/t17-,18+,19+,21+;/m0./s1. The summed E-state index contributed by atoms with van der Waals surface area (Å²) in [6.07, 6.45) is 5.55. The molecule has 1 spiro atoms. The average molecular weight is 386 g/mol. The Labute approximate surface area is 166 Å². The van der Waals surface area contributed by atoms with Crippen LogP contribution in [0.2, 0.25) is 0 Å². The molecular formula is C22H30N2O4. The Balaban J connectivity index is 0.000000604. The maximum absolute atomic E-state index is 12.5. The number of carbonyl (C=O) groups excluding carboxylic acids is 1. The average Bonchev–Trinajstić information content (AvgIpc) is 3.17. The van der Waals surface area contributed by atoms with Crippen LogP contribution in [-0.4, -0.2) is 60.3 Å². The second-order valence-corrected chi connectivity index (χ2v) is 8.85. The highest BCUT2D eigenvalue weighted by Gasteiger charge is 2.62. The first-order valence-electron chi connectivity index (χ1n) is 10.4. The largest absolute Gasteiger partial charge is 0.483 e. The maximum Gasteiger partial charge on any atom is 0.290 e. The van der Waals surface area contributed by atoms with Gasteiger partial charge < -0.3 is 15.2 Å². The Morgan fingerprint density at radius 3 is 2.71 bits per heavy atom. The van der Waals surface area contributed by atoms with Crippen molar-refractivity contribution in [2.75, 3.05) is 26.2 Å². The third kappa shape index (κ3) is 3.80. The highest BCUT2D eigenvalue weighted by atomic mass is 16.5. The fourth-order valence-corrected chi connectivity index (χ4v) is 5.38. The Kier molecular flexibility index (Phi) is 5.43. The number of carbonyl (C=O) groups is 2. The van der Waals surface area contributed by atoms with E-state index in [1.165, 1.54) is 37.8 Å². The number of fused-ring (bicyclic) bond motifs is 1. The third-order valence-electron chi connectivity index (χ3n) is 6.88. The summed E-state index contributed by atoms with van der Waals surface area (Å²) in [7, 11) is 0. The lowest BCUT2D eigenvalue weighted by molar-refractivity contribution is -0.122. The zero-order valence-corrected chi connectivity index (χ0v) is 16.5. The number of likely N-dealkylation sites (tertiary alicyclic amines) is 1. The summed E-state index contributed by atoms with van der Waals surface area (Å²) in [5.74, 6) is 2.06. The molecule has 6 nitrogen and oxygen atoms in total. The molecule has 2 N–H and O–H groups in total. The molecule has 4 atom stereocenters. The quantitative estimate of drug-likeness (QED) is 0.760. The van der Waals surface area contributed by atoms with Gasteiger partial charge in [0.2, 0.25) is 0 Å². The van der Waals surface area contributed by atoms with Gasteiger partial charge in [0.05, 0.1) is 11.7 Å². The molecule has 5 rings (SSSR count). The van der Waals surface area contributed by atoms with Crippen LogP contribution in [-0.2, 0) is 9.53 Å². The van der Waals surface area contributed by atoms with E-state index >= 15 is 0 Å². The monoisotopic (exact) mass is 386 g/mol. The number of hydrogen-bond acceptors (Lipinski definition) is 4. The second kappa shape index (κ2) is 7.84. The molecule has 1 saturated carbocycles. The van der Waals surface area contributed by atoms with Crippen molar-refractivity contribution >= 4 is 12.4 Å². The smallest absolute Gasteiger partial charge is 0.290 e. The number of carboxylic acid groups (broad SMARTS) is 1. The number of hydrogen-bond donors (Lipinski definition) is 2. The van der Waals surface area contributed by atoms with Gasteiger partial charge in [0.25, 0.3) is 12.4 Å². The zero-order chi connectivity index (χ0) is 19.7. The SMILES string of the molecule is Cc1ccc(C(=O)NC[C@H]2[C@H]3CN(CC4CC4)C[C@]34CC[C@H]2O4)cc1.O=CO. The Morgan fingerprint density at radius 2 is 2.04 bits per heavy atom. The topological polar surface area (TPSA) is 78.9 Å². The molecule has 152 valence electrons. The van der Waals surface area contributed by atoms with Gasteiger partial charge in [-0.05, 0) is 50.7 Å². The van der Waals surface area contributed by atoms with Gasteiger partial charge in [-0.2, -0.15) is 0 Å². The van der Waals surface area contributed by atoms with Crippen LogP contribution in [0.1, 0.15) is 41.6 Å². The minimum atomic E-state index is -0.250. The predicted molar refractivity (Wildman–Crippen MR) is 105 cm³/mol. The van der Waals surface area contributed by atoms with Gasteiger partial charge in [-0.25, -0.2) is 0 Å². The molecule has 1 aromatic carbocycles. The lowest BCUT2D eigenvalue weighted by Gasteiger charge is -2.29. The number of aryl methyl sites for hydroxylation is 1. The lowest BCUT2D eigenvalue weighted by atomic mass is 9.73. The van der Waals surface area contributed by atoms with Crippen molar-refractivity contribution in [3.63, 3.8) is 0 Å². The van der Waals surface area contributed by atoms with Crippen molar-refractivity contribution in [1.82, 2.24) is 10.2 Å². The molecule has 1 amide bonds. The van der Waals surface area contributed by atoms with Gasteiger partial charge in [-0.1, -0.05) is 17.7 Å². The van der Waals surface area contributed by atoms with E-state index < -0.39 is 0 Å². The number of nitrogens with one attached hydrogen (secondary N) is 1. The van der Waals surface area contributed by atoms with Gasteiger partial charge in [-0.3, -0.25) is 14.5 Å². The summed E-state index contributed by atoms with van der Waals surface area (Å²) in [4.78, 5) is 23.5. The molecule has 1 aromatic rings. The maximum atomic E-state index is 12.5. The molecule has 4 fully saturated rings. The van der Waals surface area contributed by atoms with E-state index in [-0.39, 0.29) is 18.0 Å². The van der Waals surface area contributed by atoms with Crippen molar-refractivity contribution in [2.45, 2.75) is 44.3 Å². The van der Waals surface area contributed by atoms with E-state index in [0.717, 1.165) is 31.1 Å². The van der Waals surface area contributed by atoms with Crippen LogP contribution >= 0.6 is 0 Å². The number of amides is 1. The number of rotatable bonds is 5. The summed E-state index contributed by atoms with van der Waals surface area (Å²) in [5.41, 5.74) is 2.03. The van der Waals surface area contributed by atoms with Gasteiger partial charge in [0, 0.05) is 43.6 Å².